The van der Waals surface area contributed by atoms with E-state index in [9.17, 15) is 4.79 Å². The van der Waals surface area contributed by atoms with Crippen LogP contribution in [-0.2, 0) is 6.54 Å². The number of aromatic nitrogens is 1. The molecule has 0 saturated carbocycles. The molecule has 0 aromatic carbocycles. The van der Waals surface area contributed by atoms with Crippen LogP contribution in [0.25, 0.3) is 0 Å². The lowest BCUT2D eigenvalue weighted by molar-refractivity contribution is 0.0780. The maximum absolute atomic E-state index is 12.3. The number of halogens is 1. The van der Waals surface area contributed by atoms with Gasteiger partial charge in [-0.05, 0) is 56.0 Å². The first-order valence-electron chi connectivity index (χ1n) is 6.21. The molecule has 0 N–H and O–H groups in total. The summed E-state index contributed by atoms with van der Waals surface area (Å²) in [5, 5.41) is 0. The third-order valence-electron chi connectivity index (χ3n) is 2.87. The van der Waals surface area contributed by atoms with E-state index in [1.807, 2.05) is 44.9 Å². The van der Waals surface area contributed by atoms with Crippen molar-refractivity contribution in [3.8, 4) is 0 Å². The van der Waals surface area contributed by atoms with Crippen molar-refractivity contribution < 1.29 is 4.79 Å². The largest absolute Gasteiger partial charge is 0.343 e. The Labute approximate surface area is 118 Å². The van der Waals surface area contributed by atoms with E-state index in [1.54, 1.807) is 4.90 Å². The first-order valence-corrected chi connectivity index (χ1v) is 7.00. The van der Waals surface area contributed by atoms with Crippen LogP contribution < -0.4 is 0 Å². The standard InChI is InChI=1S/C13H22BrN3O/c1-5-17-10-11(14)9-12(17)13(18)16(4)8-6-7-15(2)3/h9-10H,5-8H2,1-4H3. The SMILES string of the molecule is CCn1cc(Br)cc1C(=O)N(C)CCCN(C)C. The van der Waals surface area contributed by atoms with Crippen LogP contribution in [0, 0.1) is 0 Å². The van der Waals surface area contributed by atoms with Gasteiger partial charge in [-0.15, -0.1) is 0 Å². The summed E-state index contributed by atoms with van der Waals surface area (Å²) in [6, 6.07) is 1.88. The Morgan fingerprint density at radius 3 is 2.56 bits per heavy atom. The van der Waals surface area contributed by atoms with Crippen molar-refractivity contribution in [1.29, 1.82) is 0 Å². The van der Waals surface area contributed by atoms with E-state index in [-0.39, 0.29) is 5.91 Å². The lowest BCUT2D eigenvalue weighted by Crippen LogP contribution is -2.31. The predicted molar refractivity (Wildman–Crippen MR) is 77.9 cm³/mol. The molecule has 0 aliphatic rings. The van der Waals surface area contributed by atoms with Crippen LogP contribution in [0.15, 0.2) is 16.7 Å². The topological polar surface area (TPSA) is 28.5 Å². The zero-order valence-corrected chi connectivity index (χ0v) is 13.2. The summed E-state index contributed by atoms with van der Waals surface area (Å²) in [5.41, 5.74) is 0.747. The third-order valence-corrected chi connectivity index (χ3v) is 3.30. The molecule has 0 saturated heterocycles. The second-order valence-electron chi connectivity index (χ2n) is 4.71. The Balaban J connectivity index is 2.62. The highest BCUT2D eigenvalue weighted by atomic mass is 79.9. The number of aryl methyl sites for hydroxylation is 1. The van der Waals surface area contributed by atoms with Gasteiger partial charge in [-0.2, -0.15) is 0 Å². The number of rotatable bonds is 6. The first kappa shape index (κ1) is 15.2. The maximum atomic E-state index is 12.3. The minimum atomic E-state index is 0.0845. The van der Waals surface area contributed by atoms with E-state index < -0.39 is 0 Å². The lowest BCUT2D eigenvalue weighted by Gasteiger charge is -2.19. The number of amides is 1. The van der Waals surface area contributed by atoms with E-state index in [2.05, 4.69) is 20.8 Å². The molecular weight excluding hydrogens is 294 g/mol. The van der Waals surface area contributed by atoms with E-state index in [1.165, 1.54) is 0 Å². The molecule has 102 valence electrons. The minimum Gasteiger partial charge on any atom is -0.343 e. The van der Waals surface area contributed by atoms with Crippen LogP contribution in [0.5, 0.6) is 0 Å². The third kappa shape index (κ3) is 4.14. The monoisotopic (exact) mass is 315 g/mol. The molecule has 0 aliphatic heterocycles. The van der Waals surface area contributed by atoms with Gasteiger partial charge in [-0.1, -0.05) is 0 Å². The van der Waals surface area contributed by atoms with Gasteiger partial charge in [0.05, 0.1) is 0 Å². The molecule has 0 unspecified atom stereocenters. The molecular formula is C13H22BrN3O. The van der Waals surface area contributed by atoms with Gasteiger partial charge >= 0.3 is 0 Å². The summed E-state index contributed by atoms with van der Waals surface area (Å²) in [4.78, 5) is 16.2. The molecule has 5 heteroatoms. The number of hydrogen-bond acceptors (Lipinski definition) is 2. The van der Waals surface area contributed by atoms with E-state index >= 15 is 0 Å². The fourth-order valence-corrected chi connectivity index (χ4v) is 2.30. The number of carbonyl (C=O) groups is 1. The number of hydrogen-bond donors (Lipinski definition) is 0. The minimum absolute atomic E-state index is 0.0845. The van der Waals surface area contributed by atoms with Crippen molar-refractivity contribution in [2.75, 3.05) is 34.2 Å². The quantitative estimate of drug-likeness (QED) is 0.806. The van der Waals surface area contributed by atoms with Crippen LogP contribution in [0.4, 0.5) is 0 Å². The van der Waals surface area contributed by atoms with Crippen molar-refractivity contribution in [2.24, 2.45) is 0 Å². The Hall–Kier alpha value is -0.810. The second-order valence-corrected chi connectivity index (χ2v) is 5.63. The van der Waals surface area contributed by atoms with Crippen molar-refractivity contribution >= 4 is 21.8 Å². The number of carbonyl (C=O) groups excluding carboxylic acids is 1. The maximum Gasteiger partial charge on any atom is 0.270 e. The van der Waals surface area contributed by atoms with Crippen LogP contribution in [0.3, 0.4) is 0 Å². The lowest BCUT2D eigenvalue weighted by atomic mass is 10.3. The summed E-state index contributed by atoms with van der Waals surface area (Å²) >= 11 is 3.41. The summed E-state index contributed by atoms with van der Waals surface area (Å²) in [7, 11) is 5.95. The average molecular weight is 316 g/mol. The van der Waals surface area contributed by atoms with Crippen molar-refractivity contribution in [1.82, 2.24) is 14.4 Å². The van der Waals surface area contributed by atoms with E-state index in [0.29, 0.717) is 0 Å². The van der Waals surface area contributed by atoms with Crippen LogP contribution in [0.1, 0.15) is 23.8 Å². The zero-order valence-electron chi connectivity index (χ0n) is 11.6. The molecule has 1 amide bonds. The molecule has 1 aromatic rings. The Morgan fingerprint density at radius 2 is 2.00 bits per heavy atom. The van der Waals surface area contributed by atoms with Crippen LogP contribution >= 0.6 is 15.9 Å². The first-order chi connectivity index (χ1) is 8.45. The highest BCUT2D eigenvalue weighted by molar-refractivity contribution is 9.10. The molecule has 1 rings (SSSR count). The van der Waals surface area contributed by atoms with Crippen LogP contribution in [-0.4, -0.2) is 54.5 Å². The normalized spacial score (nSPS) is 11.0. The molecule has 0 fully saturated rings. The highest BCUT2D eigenvalue weighted by Crippen LogP contribution is 2.16. The molecule has 0 bridgehead atoms. The van der Waals surface area contributed by atoms with Gasteiger partial charge < -0.3 is 14.4 Å². The Kier molecular flexibility index (Phi) is 5.88. The molecule has 0 spiro atoms. The van der Waals surface area contributed by atoms with Gasteiger partial charge in [0.1, 0.15) is 5.69 Å². The summed E-state index contributed by atoms with van der Waals surface area (Å²) < 4.78 is 2.92. The summed E-state index contributed by atoms with van der Waals surface area (Å²) in [6.07, 6.45) is 2.93. The number of nitrogens with zero attached hydrogens (tertiary/aromatic N) is 3. The zero-order chi connectivity index (χ0) is 13.7. The van der Waals surface area contributed by atoms with Gasteiger partial charge in [0.25, 0.3) is 5.91 Å². The molecule has 1 heterocycles. The molecule has 18 heavy (non-hydrogen) atoms. The van der Waals surface area contributed by atoms with E-state index in [0.717, 1.165) is 36.2 Å². The fourth-order valence-electron chi connectivity index (χ4n) is 1.84. The van der Waals surface area contributed by atoms with Crippen molar-refractivity contribution in [3.05, 3.63) is 22.4 Å². The highest BCUT2D eigenvalue weighted by Gasteiger charge is 2.16. The summed E-state index contributed by atoms with van der Waals surface area (Å²) in [6.45, 7) is 4.62. The van der Waals surface area contributed by atoms with Crippen molar-refractivity contribution in [3.63, 3.8) is 0 Å². The smallest absolute Gasteiger partial charge is 0.270 e. The molecule has 4 nitrogen and oxygen atoms in total. The fraction of sp³-hybridized carbons (Fsp3) is 0.615. The molecule has 0 atom stereocenters. The van der Waals surface area contributed by atoms with E-state index in [4.69, 9.17) is 0 Å². The van der Waals surface area contributed by atoms with Crippen LogP contribution in [0.2, 0.25) is 0 Å². The molecule has 0 aliphatic carbocycles. The van der Waals surface area contributed by atoms with Crippen molar-refractivity contribution in [2.45, 2.75) is 19.9 Å². The predicted octanol–water partition coefficient (Wildman–Crippen LogP) is 2.29. The van der Waals surface area contributed by atoms with Gasteiger partial charge in [-0.3, -0.25) is 4.79 Å². The van der Waals surface area contributed by atoms with Gasteiger partial charge in [0.2, 0.25) is 0 Å². The van der Waals surface area contributed by atoms with Gasteiger partial charge in [-0.25, -0.2) is 0 Å². The molecule has 1 aromatic heterocycles. The average Bonchev–Trinajstić information content (AvgIpc) is 2.68. The Bertz CT molecular complexity index is 401. The Morgan fingerprint density at radius 1 is 1.33 bits per heavy atom. The summed E-state index contributed by atoms with van der Waals surface area (Å²) in [5.74, 6) is 0.0845. The second kappa shape index (κ2) is 6.95. The molecule has 0 radical (unpaired) electrons. The van der Waals surface area contributed by atoms with Gasteiger partial charge in [0, 0.05) is 30.8 Å². The van der Waals surface area contributed by atoms with Gasteiger partial charge in [0.15, 0.2) is 0 Å².